The number of ketones is 1. The Kier molecular flexibility index (Phi) is 4.32. The first-order valence-electron chi connectivity index (χ1n) is 6.84. The number of halogens is 1. The third-order valence-electron chi connectivity index (χ3n) is 3.63. The predicted octanol–water partition coefficient (Wildman–Crippen LogP) is 5.26. The van der Waals surface area contributed by atoms with Crippen LogP contribution in [0.15, 0.2) is 58.0 Å². The number of carbonyl (C=O) groups excluding carboxylic acids is 1. The largest absolute Gasteiger partial charge is 0.289 e. The van der Waals surface area contributed by atoms with Gasteiger partial charge in [0.05, 0.1) is 5.52 Å². The summed E-state index contributed by atoms with van der Waals surface area (Å²) in [5.74, 6) is 0.0376. The number of nitrogens with zero attached hydrogens (tertiary/aromatic N) is 1. The van der Waals surface area contributed by atoms with E-state index in [9.17, 15) is 4.79 Å². The van der Waals surface area contributed by atoms with E-state index >= 15 is 0 Å². The zero-order valence-electron chi connectivity index (χ0n) is 12.3. The SMILES string of the molecule is CSc1ccc2nccc(C(=O)c3ccc(Br)cc3C)c2c1. The Hall–Kier alpha value is -1.65. The molecule has 3 rings (SSSR count). The van der Waals surface area contributed by atoms with Crippen molar-refractivity contribution < 1.29 is 4.79 Å². The Morgan fingerprint density at radius 2 is 1.91 bits per heavy atom. The molecule has 0 unspecified atom stereocenters. The van der Waals surface area contributed by atoms with E-state index in [0.29, 0.717) is 5.56 Å². The van der Waals surface area contributed by atoms with E-state index in [2.05, 4.69) is 20.9 Å². The number of hydrogen-bond acceptors (Lipinski definition) is 3. The molecule has 1 aromatic heterocycles. The summed E-state index contributed by atoms with van der Waals surface area (Å²) in [6.45, 7) is 1.95. The van der Waals surface area contributed by atoms with E-state index < -0.39 is 0 Å². The van der Waals surface area contributed by atoms with Crippen LogP contribution in [0.4, 0.5) is 0 Å². The van der Waals surface area contributed by atoms with E-state index in [4.69, 9.17) is 0 Å². The second-order valence-corrected chi connectivity index (χ2v) is 6.83. The van der Waals surface area contributed by atoms with Crippen molar-refractivity contribution in [2.45, 2.75) is 11.8 Å². The summed E-state index contributed by atoms with van der Waals surface area (Å²) in [5, 5.41) is 0.904. The van der Waals surface area contributed by atoms with E-state index in [0.717, 1.165) is 31.4 Å². The van der Waals surface area contributed by atoms with Gasteiger partial charge in [0.25, 0.3) is 0 Å². The van der Waals surface area contributed by atoms with Crippen molar-refractivity contribution in [3.05, 3.63) is 69.8 Å². The fourth-order valence-electron chi connectivity index (χ4n) is 2.48. The average Bonchev–Trinajstić information content (AvgIpc) is 2.53. The monoisotopic (exact) mass is 371 g/mol. The molecule has 4 heteroatoms. The first kappa shape index (κ1) is 15.3. The van der Waals surface area contributed by atoms with Gasteiger partial charge < -0.3 is 0 Å². The average molecular weight is 372 g/mol. The Morgan fingerprint density at radius 1 is 1.09 bits per heavy atom. The maximum atomic E-state index is 12.9. The van der Waals surface area contributed by atoms with Crippen molar-refractivity contribution in [3.63, 3.8) is 0 Å². The van der Waals surface area contributed by atoms with E-state index in [-0.39, 0.29) is 5.78 Å². The molecular formula is C18H14BrNOS. The molecule has 22 heavy (non-hydrogen) atoms. The van der Waals surface area contributed by atoms with Crippen LogP contribution in [0.25, 0.3) is 10.9 Å². The van der Waals surface area contributed by atoms with Crippen LogP contribution in [0.2, 0.25) is 0 Å². The fourth-order valence-corrected chi connectivity index (χ4v) is 3.39. The second-order valence-electron chi connectivity index (χ2n) is 5.03. The minimum atomic E-state index is 0.0376. The highest BCUT2D eigenvalue weighted by Gasteiger charge is 2.15. The van der Waals surface area contributed by atoms with Gasteiger partial charge in [-0.25, -0.2) is 0 Å². The number of benzene rings is 2. The third-order valence-corrected chi connectivity index (χ3v) is 4.85. The van der Waals surface area contributed by atoms with Gasteiger partial charge in [-0.2, -0.15) is 0 Å². The van der Waals surface area contributed by atoms with Gasteiger partial charge in [-0.05, 0) is 61.2 Å². The van der Waals surface area contributed by atoms with Gasteiger partial charge in [-0.1, -0.05) is 15.9 Å². The third kappa shape index (κ3) is 2.81. The molecule has 0 amide bonds. The normalized spacial score (nSPS) is 10.9. The number of aryl methyl sites for hydroxylation is 1. The van der Waals surface area contributed by atoms with Crippen LogP contribution >= 0.6 is 27.7 Å². The predicted molar refractivity (Wildman–Crippen MR) is 95.8 cm³/mol. The van der Waals surface area contributed by atoms with Crippen molar-refractivity contribution in [3.8, 4) is 0 Å². The molecule has 0 saturated carbocycles. The number of fused-ring (bicyclic) bond motifs is 1. The van der Waals surface area contributed by atoms with Crippen LogP contribution in [-0.4, -0.2) is 17.0 Å². The summed E-state index contributed by atoms with van der Waals surface area (Å²) in [4.78, 5) is 18.4. The Bertz CT molecular complexity index is 876. The molecule has 0 aliphatic heterocycles. The van der Waals surface area contributed by atoms with Crippen LogP contribution < -0.4 is 0 Å². The smallest absolute Gasteiger partial charge is 0.194 e. The molecule has 0 saturated heterocycles. The first-order valence-corrected chi connectivity index (χ1v) is 8.85. The van der Waals surface area contributed by atoms with Gasteiger partial charge >= 0.3 is 0 Å². The summed E-state index contributed by atoms with van der Waals surface area (Å²) in [6.07, 6.45) is 3.72. The zero-order valence-corrected chi connectivity index (χ0v) is 14.7. The van der Waals surface area contributed by atoms with Crippen LogP contribution in [0.1, 0.15) is 21.5 Å². The topological polar surface area (TPSA) is 30.0 Å². The van der Waals surface area contributed by atoms with Crippen LogP contribution in [-0.2, 0) is 0 Å². The molecule has 0 fully saturated rings. The molecule has 2 aromatic carbocycles. The molecular weight excluding hydrogens is 358 g/mol. The quantitative estimate of drug-likeness (QED) is 0.464. The lowest BCUT2D eigenvalue weighted by atomic mass is 9.97. The van der Waals surface area contributed by atoms with E-state index in [1.165, 1.54) is 0 Å². The van der Waals surface area contributed by atoms with Gasteiger partial charge in [0, 0.05) is 32.1 Å². The highest BCUT2D eigenvalue weighted by molar-refractivity contribution is 9.10. The maximum absolute atomic E-state index is 12.9. The minimum Gasteiger partial charge on any atom is -0.289 e. The highest BCUT2D eigenvalue weighted by Crippen LogP contribution is 2.26. The number of aromatic nitrogens is 1. The van der Waals surface area contributed by atoms with Crippen LogP contribution in [0.3, 0.4) is 0 Å². The molecule has 0 bridgehead atoms. The molecule has 0 N–H and O–H groups in total. The Labute approximate surface area is 142 Å². The molecule has 0 aliphatic carbocycles. The minimum absolute atomic E-state index is 0.0376. The number of carbonyl (C=O) groups is 1. The summed E-state index contributed by atoms with van der Waals surface area (Å²) < 4.78 is 0.978. The summed E-state index contributed by atoms with van der Waals surface area (Å²) >= 11 is 5.10. The van der Waals surface area contributed by atoms with E-state index in [1.807, 2.05) is 49.6 Å². The van der Waals surface area contributed by atoms with Crippen LogP contribution in [0.5, 0.6) is 0 Å². The maximum Gasteiger partial charge on any atom is 0.194 e. The van der Waals surface area contributed by atoms with Crippen molar-refractivity contribution in [2.75, 3.05) is 6.26 Å². The molecule has 0 atom stereocenters. The van der Waals surface area contributed by atoms with E-state index in [1.54, 1.807) is 24.0 Å². The lowest BCUT2D eigenvalue weighted by Gasteiger charge is -2.09. The lowest BCUT2D eigenvalue weighted by Crippen LogP contribution is -2.05. The first-order chi connectivity index (χ1) is 10.6. The fraction of sp³-hybridized carbons (Fsp3) is 0.111. The van der Waals surface area contributed by atoms with Gasteiger partial charge in [0.2, 0.25) is 0 Å². The summed E-state index contributed by atoms with van der Waals surface area (Å²) in [7, 11) is 0. The van der Waals surface area contributed by atoms with Crippen LogP contribution in [0, 0.1) is 6.92 Å². The van der Waals surface area contributed by atoms with Gasteiger partial charge in [0.15, 0.2) is 5.78 Å². The summed E-state index contributed by atoms with van der Waals surface area (Å²) in [6, 6.07) is 13.6. The number of pyridine rings is 1. The molecule has 0 radical (unpaired) electrons. The molecule has 3 aromatic rings. The molecule has 110 valence electrons. The van der Waals surface area contributed by atoms with Crippen molar-refractivity contribution in [1.82, 2.24) is 4.98 Å². The zero-order chi connectivity index (χ0) is 15.7. The lowest BCUT2D eigenvalue weighted by molar-refractivity contribution is 0.103. The Morgan fingerprint density at radius 3 is 2.64 bits per heavy atom. The molecule has 0 aliphatic rings. The second kappa shape index (κ2) is 6.23. The number of thioether (sulfide) groups is 1. The standard InChI is InChI=1S/C18H14BrNOS/c1-11-9-12(19)3-5-14(11)18(21)15-7-8-20-17-6-4-13(22-2)10-16(15)17/h3-10H,1-2H3. The van der Waals surface area contributed by atoms with Gasteiger partial charge in [0.1, 0.15) is 0 Å². The van der Waals surface area contributed by atoms with Crippen molar-refractivity contribution >= 4 is 44.4 Å². The van der Waals surface area contributed by atoms with Gasteiger partial charge in [-0.15, -0.1) is 11.8 Å². The Balaban J connectivity index is 2.18. The van der Waals surface area contributed by atoms with Gasteiger partial charge in [-0.3, -0.25) is 9.78 Å². The van der Waals surface area contributed by atoms with Crippen molar-refractivity contribution in [1.29, 1.82) is 0 Å². The number of hydrogen-bond donors (Lipinski definition) is 0. The molecule has 1 heterocycles. The summed E-state index contributed by atoms with van der Waals surface area (Å²) in [5.41, 5.74) is 3.24. The molecule has 2 nitrogen and oxygen atoms in total. The molecule has 0 spiro atoms. The number of rotatable bonds is 3. The van der Waals surface area contributed by atoms with Crippen molar-refractivity contribution in [2.24, 2.45) is 0 Å². The highest BCUT2D eigenvalue weighted by atomic mass is 79.9.